The van der Waals surface area contributed by atoms with Crippen molar-refractivity contribution in [2.24, 2.45) is 0 Å². The van der Waals surface area contributed by atoms with Crippen molar-refractivity contribution >= 4 is 33.9 Å². The molecule has 1 amide bonds. The van der Waals surface area contributed by atoms with E-state index in [9.17, 15) is 14.4 Å². The van der Waals surface area contributed by atoms with Gasteiger partial charge < -0.3 is 25.0 Å². The molecule has 1 heterocycles. The molecule has 204 valence electrons. The highest BCUT2D eigenvalue weighted by Gasteiger charge is 2.16. The Morgan fingerprint density at radius 2 is 1.90 bits per heavy atom. The number of benzene rings is 3. The van der Waals surface area contributed by atoms with Gasteiger partial charge in [0, 0.05) is 42.4 Å². The van der Waals surface area contributed by atoms with E-state index in [2.05, 4.69) is 21.7 Å². The Hall–Kier alpha value is -5.01. The lowest BCUT2D eigenvalue weighted by Crippen LogP contribution is -2.13. The van der Waals surface area contributed by atoms with Crippen molar-refractivity contribution in [2.45, 2.75) is 6.92 Å². The maximum atomic E-state index is 15.1. The number of rotatable bonds is 10. The van der Waals surface area contributed by atoms with Gasteiger partial charge in [0.1, 0.15) is 35.0 Å². The fourth-order valence-corrected chi connectivity index (χ4v) is 3.82. The van der Waals surface area contributed by atoms with E-state index in [1.807, 2.05) is 25.9 Å². The Balaban J connectivity index is 1.69. The van der Waals surface area contributed by atoms with Crippen LogP contribution in [0.4, 0.5) is 25.8 Å². The summed E-state index contributed by atoms with van der Waals surface area (Å²) in [5.74, 6) is -0.699. The van der Waals surface area contributed by atoms with E-state index < -0.39 is 11.6 Å². The molecule has 4 rings (SSSR count). The number of nitrogens with one attached hydrogen (secondary N) is 2. The maximum Gasteiger partial charge on any atom is 0.248 e. The van der Waals surface area contributed by atoms with Crippen LogP contribution < -0.4 is 20.1 Å². The van der Waals surface area contributed by atoms with Crippen LogP contribution >= 0.6 is 0 Å². The molecule has 0 saturated heterocycles. The standard InChI is InChI=1S/C30H27F2N5O3/c1-4-39-28-16-26-23(15-27(28)35-29(38)9-6-12-37(2)3)30(19(17-33)18-34-26)36-25-11-10-22(14-24(25)32)40-21-8-5-7-20(31)13-21/h5-11,13-16,18H,4,12H2,1-3H3,(H,34,36)(H,35,38)/b9-6+. The van der Waals surface area contributed by atoms with Crippen molar-refractivity contribution in [1.82, 2.24) is 9.88 Å². The van der Waals surface area contributed by atoms with E-state index in [0.717, 1.165) is 6.07 Å². The van der Waals surface area contributed by atoms with Gasteiger partial charge in [0.15, 0.2) is 0 Å². The topological polar surface area (TPSA) is 99.5 Å². The van der Waals surface area contributed by atoms with Gasteiger partial charge in [-0.3, -0.25) is 9.78 Å². The van der Waals surface area contributed by atoms with Crippen LogP contribution in [0.2, 0.25) is 0 Å². The van der Waals surface area contributed by atoms with Crippen LogP contribution in [0.5, 0.6) is 17.2 Å². The molecule has 40 heavy (non-hydrogen) atoms. The van der Waals surface area contributed by atoms with Crippen LogP contribution in [0.1, 0.15) is 12.5 Å². The summed E-state index contributed by atoms with van der Waals surface area (Å²) in [6.45, 7) is 2.75. The zero-order chi connectivity index (χ0) is 28.6. The fourth-order valence-electron chi connectivity index (χ4n) is 3.82. The number of fused-ring (bicyclic) bond motifs is 1. The summed E-state index contributed by atoms with van der Waals surface area (Å²) in [4.78, 5) is 18.8. The number of hydrogen-bond donors (Lipinski definition) is 2. The smallest absolute Gasteiger partial charge is 0.248 e. The molecule has 0 unspecified atom stereocenters. The molecule has 10 heteroatoms. The second-order valence-corrected chi connectivity index (χ2v) is 8.94. The molecule has 3 aromatic carbocycles. The maximum absolute atomic E-state index is 15.1. The number of carbonyl (C=O) groups is 1. The molecule has 0 aliphatic carbocycles. The van der Waals surface area contributed by atoms with Crippen molar-refractivity contribution in [3.05, 3.63) is 90.1 Å². The van der Waals surface area contributed by atoms with Crippen LogP contribution in [0.25, 0.3) is 10.9 Å². The van der Waals surface area contributed by atoms with Gasteiger partial charge in [-0.05, 0) is 51.4 Å². The van der Waals surface area contributed by atoms with Crippen molar-refractivity contribution < 1.29 is 23.0 Å². The minimum Gasteiger partial charge on any atom is -0.492 e. The first-order valence-corrected chi connectivity index (χ1v) is 12.4. The monoisotopic (exact) mass is 543 g/mol. The first kappa shape index (κ1) is 28.0. The van der Waals surface area contributed by atoms with Crippen LogP contribution in [-0.2, 0) is 4.79 Å². The van der Waals surface area contributed by atoms with Crippen molar-refractivity contribution in [3.8, 4) is 23.3 Å². The molecule has 0 fully saturated rings. The van der Waals surface area contributed by atoms with Crippen LogP contribution in [0.15, 0.2) is 72.9 Å². The lowest BCUT2D eigenvalue weighted by Gasteiger charge is -2.16. The van der Waals surface area contributed by atoms with Crippen molar-refractivity contribution in [2.75, 3.05) is 37.9 Å². The van der Waals surface area contributed by atoms with E-state index in [0.29, 0.717) is 41.2 Å². The van der Waals surface area contributed by atoms with E-state index in [-0.39, 0.29) is 28.7 Å². The summed E-state index contributed by atoms with van der Waals surface area (Å²) in [5.41, 5.74) is 1.37. The highest BCUT2D eigenvalue weighted by atomic mass is 19.1. The Morgan fingerprint density at radius 1 is 1.10 bits per heavy atom. The predicted octanol–water partition coefficient (Wildman–Crippen LogP) is 6.38. The Labute approximate surface area is 230 Å². The number of ether oxygens (including phenoxy) is 2. The quantitative estimate of drug-likeness (QED) is 0.224. The van der Waals surface area contributed by atoms with Gasteiger partial charge in [0.05, 0.1) is 34.7 Å². The van der Waals surface area contributed by atoms with Crippen molar-refractivity contribution in [3.63, 3.8) is 0 Å². The molecule has 4 aromatic rings. The van der Waals surface area contributed by atoms with Gasteiger partial charge in [-0.2, -0.15) is 5.26 Å². The minimum atomic E-state index is -0.659. The number of nitriles is 1. The third kappa shape index (κ3) is 6.89. The van der Waals surface area contributed by atoms with Crippen LogP contribution in [0.3, 0.4) is 0 Å². The normalized spacial score (nSPS) is 11.0. The molecule has 0 aliphatic heterocycles. The van der Waals surface area contributed by atoms with Gasteiger partial charge in [-0.15, -0.1) is 0 Å². The van der Waals surface area contributed by atoms with E-state index in [4.69, 9.17) is 9.47 Å². The highest BCUT2D eigenvalue weighted by Crippen LogP contribution is 2.37. The summed E-state index contributed by atoms with van der Waals surface area (Å²) < 4.78 is 39.9. The molecule has 1 aromatic heterocycles. The minimum absolute atomic E-state index is 0.0710. The van der Waals surface area contributed by atoms with E-state index in [1.165, 1.54) is 42.6 Å². The van der Waals surface area contributed by atoms with Crippen molar-refractivity contribution in [1.29, 1.82) is 5.26 Å². The summed E-state index contributed by atoms with van der Waals surface area (Å²) in [6.07, 6.45) is 4.53. The largest absolute Gasteiger partial charge is 0.492 e. The molecular weight excluding hydrogens is 516 g/mol. The average Bonchev–Trinajstić information content (AvgIpc) is 2.90. The molecule has 0 radical (unpaired) electrons. The average molecular weight is 544 g/mol. The molecular formula is C30H27F2N5O3. The molecule has 0 bridgehead atoms. The zero-order valence-electron chi connectivity index (χ0n) is 22.2. The molecule has 2 N–H and O–H groups in total. The number of pyridine rings is 1. The second kappa shape index (κ2) is 12.7. The second-order valence-electron chi connectivity index (χ2n) is 8.94. The highest BCUT2D eigenvalue weighted by molar-refractivity contribution is 6.04. The number of amides is 1. The van der Waals surface area contributed by atoms with Gasteiger partial charge in [0.2, 0.25) is 5.91 Å². The number of halogens is 2. The molecule has 0 saturated carbocycles. The Morgan fingerprint density at radius 3 is 2.60 bits per heavy atom. The van der Waals surface area contributed by atoms with Gasteiger partial charge in [-0.1, -0.05) is 12.1 Å². The summed E-state index contributed by atoms with van der Waals surface area (Å²) in [5, 5.41) is 16.0. The zero-order valence-corrected chi connectivity index (χ0v) is 22.2. The summed E-state index contributed by atoms with van der Waals surface area (Å²) in [7, 11) is 3.78. The fraction of sp³-hybridized carbons (Fsp3) is 0.167. The summed E-state index contributed by atoms with van der Waals surface area (Å²) >= 11 is 0. The number of anilines is 3. The SMILES string of the molecule is CCOc1cc2ncc(C#N)c(Nc3ccc(Oc4cccc(F)c4)cc3F)c2cc1NC(=O)/C=C/CN(C)C. The van der Waals surface area contributed by atoms with E-state index in [1.54, 1.807) is 24.3 Å². The van der Waals surface area contributed by atoms with Gasteiger partial charge in [0.25, 0.3) is 0 Å². The molecule has 8 nitrogen and oxygen atoms in total. The summed E-state index contributed by atoms with van der Waals surface area (Å²) in [6, 6.07) is 15.0. The molecule has 0 atom stereocenters. The van der Waals surface area contributed by atoms with E-state index >= 15 is 4.39 Å². The first-order chi connectivity index (χ1) is 19.3. The van der Waals surface area contributed by atoms with Crippen LogP contribution in [0, 0.1) is 23.0 Å². The Kier molecular flexibility index (Phi) is 8.89. The van der Waals surface area contributed by atoms with Gasteiger partial charge in [-0.25, -0.2) is 8.78 Å². The third-order valence-electron chi connectivity index (χ3n) is 5.62. The number of nitrogens with zero attached hydrogens (tertiary/aromatic N) is 3. The number of hydrogen-bond acceptors (Lipinski definition) is 7. The lowest BCUT2D eigenvalue weighted by molar-refractivity contribution is -0.111. The Bertz CT molecular complexity index is 1620. The first-order valence-electron chi connectivity index (χ1n) is 12.4. The number of aromatic nitrogens is 1. The third-order valence-corrected chi connectivity index (χ3v) is 5.62. The number of carbonyl (C=O) groups excluding carboxylic acids is 1. The van der Waals surface area contributed by atoms with Gasteiger partial charge >= 0.3 is 0 Å². The lowest BCUT2D eigenvalue weighted by atomic mass is 10.1. The molecule has 0 spiro atoms. The number of likely N-dealkylation sites (N-methyl/N-ethyl adjacent to an activating group) is 1. The predicted molar refractivity (Wildman–Crippen MR) is 150 cm³/mol. The van der Waals surface area contributed by atoms with Crippen LogP contribution in [-0.4, -0.2) is 43.0 Å². The molecule has 0 aliphatic rings.